The highest BCUT2D eigenvalue weighted by atomic mass is 32.2. The average molecular weight is 270 g/mol. The summed E-state index contributed by atoms with van der Waals surface area (Å²) in [5.41, 5.74) is -0.258. The maximum absolute atomic E-state index is 11.3. The van der Waals surface area contributed by atoms with Crippen LogP contribution >= 0.6 is 11.8 Å². The van der Waals surface area contributed by atoms with Crippen LogP contribution < -0.4 is 10.6 Å². The average Bonchev–Trinajstić information content (AvgIpc) is 2.32. The van der Waals surface area contributed by atoms with Crippen LogP contribution in [-0.2, 0) is 14.4 Å². The summed E-state index contributed by atoms with van der Waals surface area (Å²) in [7, 11) is 5.02. The monoisotopic (exact) mass is 270 g/mol. The lowest BCUT2D eigenvalue weighted by atomic mass is 9.97. The van der Waals surface area contributed by atoms with Gasteiger partial charge in [-0.25, -0.2) is 0 Å². The minimum absolute atomic E-state index is 0.191. The van der Waals surface area contributed by atoms with E-state index in [1.54, 1.807) is 18.7 Å². The molecule has 0 aliphatic rings. The molecule has 5 nitrogen and oxygen atoms in total. The number of hydrogen-bond donors (Lipinski definition) is 2. The summed E-state index contributed by atoms with van der Waals surface area (Å²) >= 11 is 1.61. The van der Waals surface area contributed by atoms with Gasteiger partial charge in [0.2, 0.25) is 12.3 Å². The van der Waals surface area contributed by atoms with Crippen LogP contribution in [-0.4, -0.2) is 43.5 Å². The van der Waals surface area contributed by atoms with Crippen molar-refractivity contribution in [2.75, 3.05) is 11.6 Å². The molecule has 0 aliphatic heterocycles. The molecule has 0 spiro atoms. The summed E-state index contributed by atoms with van der Waals surface area (Å²) in [6.45, 7) is 1.62. The number of hydrogen-bond acceptors (Lipinski definition) is 4. The molecule has 100 valence electrons. The molecule has 1 unspecified atom stereocenters. The smallest absolute Gasteiger partial charge is 0.242 e. The minimum atomic E-state index is -0.501. The van der Waals surface area contributed by atoms with E-state index >= 15 is 0 Å². The lowest BCUT2D eigenvalue weighted by Crippen LogP contribution is -2.41. The molecular formula is C11H19BN2O3S. The fourth-order valence-corrected chi connectivity index (χ4v) is 2.00. The van der Waals surface area contributed by atoms with Crippen molar-refractivity contribution in [1.82, 2.24) is 10.6 Å². The highest BCUT2D eigenvalue weighted by molar-refractivity contribution is 7.99. The molecule has 18 heavy (non-hydrogen) atoms. The van der Waals surface area contributed by atoms with Crippen molar-refractivity contribution in [3.05, 3.63) is 0 Å². The third-order valence-electron chi connectivity index (χ3n) is 2.27. The fourth-order valence-electron chi connectivity index (χ4n) is 1.21. The summed E-state index contributed by atoms with van der Waals surface area (Å²) in [5.74, 6) is 1.26. The van der Waals surface area contributed by atoms with E-state index in [0.717, 1.165) is 25.0 Å². The van der Waals surface area contributed by atoms with Gasteiger partial charge in [-0.1, -0.05) is 6.42 Å². The second-order valence-corrected chi connectivity index (χ2v) is 4.98. The minimum Gasteiger partial charge on any atom is -0.347 e. The van der Waals surface area contributed by atoms with Gasteiger partial charge in [0.25, 0.3) is 0 Å². The van der Waals surface area contributed by atoms with Gasteiger partial charge in [0, 0.05) is 0 Å². The third kappa shape index (κ3) is 10.2. The van der Waals surface area contributed by atoms with Crippen LogP contribution in [0.25, 0.3) is 0 Å². The molecule has 0 heterocycles. The molecule has 2 radical (unpaired) electrons. The first-order chi connectivity index (χ1) is 8.57. The van der Waals surface area contributed by atoms with Crippen LogP contribution in [0.3, 0.4) is 0 Å². The predicted molar refractivity (Wildman–Crippen MR) is 73.4 cm³/mol. The van der Waals surface area contributed by atoms with E-state index in [4.69, 9.17) is 7.85 Å². The first kappa shape index (κ1) is 17.0. The van der Waals surface area contributed by atoms with E-state index in [9.17, 15) is 14.4 Å². The maximum Gasteiger partial charge on any atom is 0.242 e. The molecule has 0 rings (SSSR count). The van der Waals surface area contributed by atoms with E-state index in [1.807, 2.05) is 0 Å². The largest absolute Gasteiger partial charge is 0.347 e. The van der Waals surface area contributed by atoms with Crippen molar-refractivity contribution in [3.63, 3.8) is 0 Å². The normalized spacial score (nSPS) is 11.6. The van der Waals surface area contributed by atoms with E-state index in [1.165, 1.54) is 0 Å². The van der Waals surface area contributed by atoms with Crippen LogP contribution in [0, 0.1) is 0 Å². The van der Waals surface area contributed by atoms with Crippen LogP contribution in [0.4, 0.5) is 0 Å². The zero-order chi connectivity index (χ0) is 13.8. The first-order valence-electron chi connectivity index (χ1n) is 5.91. The summed E-state index contributed by atoms with van der Waals surface area (Å²) in [6, 6.07) is -0.501. The van der Waals surface area contributed by atoms with Crippen molar-refractivity contribution in [1.29, 1.82) is 0 Å². The van der Waals surface area contributed by atoms with Crippen molar-refractivity contribution in [2.24, 2.45) is 0 Å². The SMILES string of the molecule is [B]C(=O)CCCCCSCNC(=O)C(C)NC=O. The Morgan fingerprint density at radius 3 is 2.67 bits per heavy atom. The second-order valence-electron chi connectivity index (χ2n) is 3.88. The summed E-state index contributed by atoms with van der Waals surface area (Å²) in [4.78, 5) is 31.9. The third-order valence-corrected chi connectivity index (χ3v) is 3.20. The quantitative estimate of drug-likeness (QED) is 0.243. The van der Waals surface area contributed by atoms with Gasteiger partial charge >= 0.3 is 0 Å². The standard InChI is InChI=1S/C11H19BN2O3S/c1-9(13-7-15)11(17)14-8-18-6-4-2-3-5-10(12)16/h7,9H,2-6,8H2,1H3,(H,13,15)(H,14,17). The van der Waals surface area contributed by atoms with Gasteiger partial charge in [0.05, 0.1) is 11.6 Å². The molecule has 1 atom stereocenters. The van der Waals surface area contributed by atoms with Gasteiger partial charge in [-0.15, -0.1) is 11.8 Å². The molecule has 0 bridgehead atoms. The zero-order valence-electron chi connectivity index (χ0n) is 10.6. The van der Waals surface area contributed by atoms with Crippen molar-refractivity contribution in [3.8, 4) is 0 Å². The van der Waals surface area contributed by atoms with Gasteiger partial charge in [-0.2, -0.15) is 0 Å². The summed E-state index contributed by atoms with van der Waals surface area (Å²) < 4.78 is 0. The molecule has 0 aromatic rings. The lowest BCUT2D eigenvalue weighted by molar-refractivity contribution is -0.124. The number of carbonyl (C=O) groups excluding carboxylic acids is 3. The molecule has 0 aromatic carbocycles. The first-order valence-corrected chi connectivity index (χ1v) is 7.07. The van der Waals surface area contributed by atoms with Crippen molar-refractivity contribution >= 4 is 37.6 Å². The summed E-state index contributed by atoms with van der Waals surface area (Å²) in [5, 5.41) is 5.08. The van der Waals surface area contributed by atoms with E-state index in [0.29, 0.717) is 18.7 Å². The lowest BCUT2D eigenvalue weighted by Gasteiger charge is -2.10. The number of unbranched alkanes of at least 4 members (excludes halogenated alkanes) is 2. The predicted octanol–water partition coefficient (Wildman–Crippen LogP) is 0.183. The van der Waals surface area contributed by atoms with Gasteiger partial charge in [0.15, 0.2) is 7.85 Å². The Balaban J connectivity index is 3.32. The maximum atomic E-state index is 11.3. The number of rotatable bonds is 11. The second kappa shape index (κ2) is 11.1. The van der Waals surface area contributed by atoms with Gasteiger partial charge < -0.3 is 15.4 Å². The van der Waals surface area contributed by atoms with E-state index in [2.05, 4.69) is 10.6 Å². The van der Waals surface area contributed by atoms with Crippen molar-refractivity contribution < 1.29 is 14.4 Å². The summed E-state index contributed by atoms with van der Waals surface area (Å²) in [6.07, 6.45) is 3.73. The molecule has 7 heteroatoms. The van der Waals surface area contributed by atoms with Gasteiger partial charge in [0.1, 0.15) is 6.04 Å². The van der Waals surface area contributed by atoms with Crippen LogP contribution in [0.15, 0.2) is 0 Å². The van der Waals surface area contributed by atoms with Crippen molar-refractivity contribution in [2.45, 2.75) is 38.6 Å². The molecule has 0 aromatic heterocycles. The van der Waals surface area contributed by atoms with E-state index < -0.39 is 6.04 Å². The fraction of sp³-hybridized carbons (Fsp3) is 0.727. The van der Waals surface area contributed by atoms with Gasteiger partial charge in [-0.3, -0.25) is 9.59 Å². The Labute approximate surface area is 113 Å². The Morgan fingerprint density at radius 1 is 1.33 bits per heavy atom. The highest BCUT2D eigenvalue weighted by Gasteiger charge is 2.09. The molecule has 0 fully saturated rings. The molecule has 0 saturated heterocycles. The van der Waals surface area contributed by atoms with Gasteiger partial charge in [-0.05, 0) is 31.9 Å². The Bertz CT molecular complexity index is 277. The molecule has 0 saturated carbocycles. The highest BCUT2D eigenvalue weighted by Crippen LogP contribution is 2.06. The van der Waals surface area contributed by atoms with Crippen LogP contribution in [0.2, 0.25) is 0 Å². The topological polar surface area (TPSA) is 75.3 Å². The Hall–Kier alpha value is -0.975. The molecule has 2 N–H and O–H groups in total. The number of carbonyl (C=O) groups is 3. The van der Waals surface area contributed by atoms with Crippen LogP contribution in [0.1, 0.15) is 32.6 Å². The number of amides is 2. The molecule has 0 aliphatic carbocycles. The van der Waals surface area contributed by atoms with Crippen LogP contribution in [0.5, 0.6) is 0 Å². The van der Waals surface area contributed by atoms with E-state index in [-0.39, 0.29) is 11.6 Å². The number of thioether (sulfide) groups is 1. The number of nitrogens with one attached hydrogen (secondary N) is 2. The Morgan fingerprint density at radius 2 is 2.06 bits per heavy atom. The molecular weight excluding hydrogens is 251 g/mol. The Kier molecular flexibility index (Phi) is 10.5. The molecule has 2 amide bonds. The zero-order valence-corrected chi connectivity index (χ0v) is 11.4.